The molecule has 1 N–H and O–H groups in total. The van der Waals surface area contributed by atoms with Gasteiger partial charge in [-0.1, -0.05) is 12.2 Å². The van der Waals surface area contributed by atoms with Crippen molar-refractivity contribution >= 4 is 24.8 Å². The molecule has 0 aromatic rings. The van der Waals surface area contributed by atoms with Gasteiger partial charge < -0.3 is 10.1 Å². The van der Waals surface area contributed by atoms with Crippen molar-refractivity contribution in [2.75, 3.05) is 5.75 Å². The fourth-order valence-electron chi connectivity index (χ4n) is 1.42. The number of nitrogens with one attached hydrogen (secondary N) is 1. The summed E-state index contributed by atoms with van der Waals surface area (Å²) in [6, 6.07) is 0.175. The SMILES string of the molecule is CC(C/C=C\CCCCC=O)NC(=O)CCS. The highest BCUT2D eigenvalue weighted by Gasteiger charge is 2.03. The Morgan fingerprint density at radius 2 is 2.00 bits per heavy atom. The van der Waals surface area contributed by atoms with Crippen LogP contribution < -0.4 is 5.32 Å². The van der Waals surface area contributed by atoms with Crippen LogP contribution in [0.5, 0.6) is 0 Å². The number of unbranched alkanes of at least 4 members (excludes halogenated alkanes) is 3. The van der Waals surface area contributed by atoms with Gasteiger partial charge in [0.1, 0.15) is 6.29 Å². The highest BCUT2D eigenvalue weighted by molar-refractivity contribution is 7.80. The number of allylic oxidation sites excluding steroid dienone is 1. The summed E-state index contributed by atoms with van der Waals surface area (Å²) in [5.41, 5.74) is 0. The lowest BCUT2D eigenvalue weighted by molar-refractivity contribution is -0.121. The standard InChI is InChI=1S/C13H23NO2S/c1-12(14-13(16)9-11-17)8-6-4-2-3-5-7-10-15/h4,6,10,12,17H,2-3,5,7-9,11H2,1H3,(H,14,16)/b6-4-. The minimum Gasteiger partial charge on any atom is -0.353 e. The Labute approximate surface area is 109 Å². The minimum atomic E-state index is 0.0619. The Morgan fingerprint density at radius 1 is 1.29 bits per heavy atom. The molecule has 1 unspecified atom stereocenters. The van der Waals surface area contributed by atoms with Crippen molar-refractivity contribution < 1.29 is 9.59 Å². The molecular formula is C13H23NO2S. The van der Waals surface area contributed by atoms with Gasteiger partial charge in [-0.25, -0.2) is 0 Å². The maximum atomic E-state index is 11.2. The Morgan fingerprint density at radius 3 is 2.65 bits per heavy atom. The van der Waals surface area contributed by atoms with Crippen LogP contribution in [0, 0.1) is 0 Å². The third-order valence-electron chi connectivity index (χ3n) is 2.35. The third kappa shape index (κ3) is 11.5. The first-order chi connectivity index (χ1) is 8.20. The molecule has 1 amide bonds. The van der Waals surface area contributed by atoms with E-state index >= 15 is 0 Å². The molecule has 3 nitrogen and oxygen atoms in total. The van der Waals surface area contributed by atoms with Crippen molar-refractivity contribution in [3.8, 4) is 0 Å². The first-order valence-corrected chi connectivity index (χ1v) is 6.82. The van der Waals surface area contributed by atoms with Crippen LogP contribution in [0.4, 0.5) is 0 Å². The van der Waals surface area contributed by atoms with Crippen molar-refractivity contribution in [2.45, 2.75) is 51.5 Å². The molecule has 0 saturated carbocycles. The summed E-state index contributed by atoms with van der Waals surface area (Å²) in [7, 11) is 0. The summed E-state index contributed by atoms with van der Waals surface area (Å²) in [6.07, 6.45) is 10.2. The molecule has 0 bridgehead atoms. The van der Waals surface area contributed by atoms with E-state index in [1.807, 2.05) is 6.92 Å². The van der Waals surface area contributed by atoms with E-state index in [9.17, 15) is 9.59 Å². The van der Waals surface area contributed by atoms with Crippen LogP contribution in [-0.2, 0) is 9.59 Å². The van der Waals surface area contributed by atoms with Gasteiger partial charge in [0, 0.05) is 18.9 Å². The topological polar surface area (TPSA) is 46.2 Å². The maximum absolute atomic E-state index is 11.2. The number of carbonyl (C=O) groups is 2. The van der Waals surface area contributed by atoms with Crippen molar-refractivity contribution in [1.29, 1.82) is 0 Å². The molecular weight excluding hydrogens is 234 g/mol. The molecule has 0 saturated heterocycles. The van der Waals surface area contributed by atoms with Crippen LogP contribution in [0.1, 0.15) is 45.4 Å². The van der Waals surface area contributed by atoms with Gasteiger partial charge in [-0.15, -0.1) is 0 Å². The zero-order valence-corrected chi connectivity index (χ0v) is 11.4. The van der Waals surface area contributed by atoms with Crippen LogP contribution >= 0.6 is 12.6 Å². The highest BCUT2D eigenvalue weighted by Crippen LogP contribution is 2.01. The summed E-state index contributed by atoms with van der Waals surface area (Å²) in [4.78, 5) is 21.3. The molecule has 98 valence electrons. The van der Waals surface area contributed by atoms with E-state index < -0.39 is 0 Å². The van der Waals surface area contributed by atoms with E-state index in [0.29, 0.717) is 18.6 Å². The second kappa shape index (κ2) is 11.7. The summed E-state index contributed by atoms with van der Waals surface area (Å²) >= 11 is 4.01. The van der Waals surface area contributed by atoms with Crippen LogP contribution in [0.25, 0.3) is 0 Å². The molecule has 0 aliphatic rings. The van der Waals surface area contributed by atoms with Gasteiger partial charge in [-0.2, -0.15) is 12.6 Å². The third-order valence-corrected chi connectivity index (χ3v) is 2.57. The van der Waals surface area contributed by atoms with Crippen molar-refractivity contribution in [3.63, 3.8) is 0 Å². The predicted molar refractivity (Wildman–Crippen MR) is 74.4 cm³/mol. The number of hydrogen-bond donors (Lipinski definition) is 2. The fourth-order valence-corrected chi connectivity index (χ4v) is 1.62. The van der Waals surface area contributed by atoms with E-state index in [1.165, 1.54) is 0 Å². The molecule has 4 heteroatoms. The second-order valence-corrected chi connectivity index (χ2v) is 4.55. The van der Waals surface area contributed by atoms with E-state index in [4.69, 9.17) is 0 Å². The fraction of sp³-hybridized carbons (Fsp3) is 0.692. The Hall–Kier alpha value is -0.770. The lowest BCUT2D eigenvalue weighted by Gasteiger charge is -2.10. The molecule has 17 heavy (non-hydrogen) atoms. The first kappa shape index (κ1) is 16.2. The smallest absolute Gasteiger partial charge is 0.221 e. The molecule has 0 aliphatic carbocycles. The van der Waals surface area contributed by atoms with E-state index in [1.54, 1.807) is 0 Å². The molecule has 1 atom stereocenters. The molecule has 0 radical (unpaired) electrons. The van der Waals surface area contributed by atoms with E-state index in [-0.39, 0.29) is 11.9 Å². The summed E-state index contributed by atoms with van der Waals surface area (Å²) < 4.78 is 0. The van der Waals surface area contributed by atoms with Crippen molar-refractivity contribution in [3.05, 3.63) is 12.2 Å². The minimum absolute atomic E-state index is 0.0619. The zero-order valence-electron chi connectivity index (χ0n) is 10.5. The van der Waals surface area contributed by atoms with E-state index in [0.717, 1.165) is 32.0 Å². The molecule has 0 spiro atoms. The molecule has 0 aromatic carbocycles. The first-order valence-electron chi connectivity index (χ1n) is 6.19. The van der Waals surface area contributed by atoms with Crippen LogP contribution in [0.15, 0.2) is 12.2 Å². The molecule has 0 heterocycles. The Kier molecular flexibility index (Phi) is 11.2. The quantitative estimate of drug-likeness (QED) is 0.273. The zero-order chi connectivity index (χ0) is 12.9. The number of aldehydes is 1. The van der Waals surface area contributed by atoms with Crippen molar-refractivity contribution in [2.24, 2.45) is 0 Å². The number of carbonyl (C=O) groups excluding carboxylic acids is 2. The van der Waals surface area contributed by atoms with Gasteiger partial charge >= 0.3 is 0 Å². The average Bonchev–Trinajstić information content (AvgIpc) is 2.28. The van der Waals surface area contributed by atoms with Crippen LogP contribution in [0.3, 0.4) is 0 Å². The molecule has 0 aromatic heterocycles. The van der Waals surface area contributed by atoms with Crippen LogP contribution in [-0.4, -0.2) is 24.0 Å². The average molecular weight is 257 g/mol. The van der Waals surface area contributed by atoms with Gasteiger partial charge in [0.2, 0.25) is 5.91 Å². The summed E-state index contributed by atoms with van der Waals surface area (Å²) in [6.45, 7) is 1.99. The number of hydrogen-bond acceptors (Lipinski definition) is 3. The molecule has 0 aliphatic heterocycles. The van der Waals surface area contributed by atoms with Gasteiger partial charge in [0.15, 0.2) is 0 Å². The number of amides is 1. The number of thiol groups is 1. The van der Waals surface area contributed by atoms with Gasteiger partial charge in [0.25, 0.3) is 0 Å². The van der Waals surface area contributed by atoms with Crippen LogP contribution in [0.2, 0.25) is 0 Å². The lowest BCUT2D eigenvalue weighted by Crippen LogP contribution is -2.32. The monoisotopic (exact) mass is 257 g/mol. The second-order valence-electron chi connectivity index (χ2n) is 4.10. The highest BCUT2D eigenvalue weighted by atomic mass is 32.1. The maximum Gasteiger partial charge on any atom is 0.221 e. The van der Waals surface area contributed by atoms with E-state index in [2.05, 4.69) is 30.1 Å². The normalized spacial score (nSPS) is 12.6. The van der Waals surface area contributed by atoms with Crippen molar-refractivity contribution in [1.82, 2.24) is 5.32 Å². The van der Waals surface area contributed by atoms with Gasteiger partial charge in [-0.05, 0) is 38.4 Å². The number of rotatable bonds is 10. The Bertz CT molecular complexity index is 242. The lowest BCUT2D eigenvalue weighted by atomic mass is 10.1. The predicted octanol–water partition coefficient (Wildman–Crippen LogP) is 2.52. The van der Waals surface area contributed by atoms with Gasteiger partial charge in [-0.3, -0.25) is 4.79 Å². The Balaban J connectivity index is 3.48. The van der Waals surface area contributed by atoms with Gasteiger partial charge in [0.05, 0.1) is 0 Å². The summed E-state index contributed by atoms with van der Waals surface area (Å²) in [5.74, 6) is 0.650. The largest absolute Gasteiger partial charge is 0.353 e. The summed E-state index contributed by atoms with van der Waals surface area (Å²) in [5, 5.41) is 2.91. The molecule has 0 rings (SSSR count). The molecule has 0 fully saturated rings.